The van der Waals surface area contributed by atoms with E-state index in [0.29, 0.717) is 24.0 Å². The van der Waals surface area contributed by atoms with Gasteiger partial charge in [-0.25, -0.2) is 0 Å². The molecule has 1 aliphatic rings. The molecule has 0 amide bonds. The molecule has 2 rings (SSSR count). The van der Waals surface area contributed by atoms with Crippen molar-refractivity contribution in [2.24, 2.45) is 11.8 Å². The molecule has 0 bridgehead atoms. The summed E-state index contributed by atoms with van der Waals surface area (Å²) in [5, 5.41) is 8.91. The first-order valence-corrected chi connectivity index (χ1v) is 6.97. The van der Waals surface area contributed by atoms with Gasteiger partial charge in [0.25, 0.3) is 0 Å². The van der Waals surface area contributed by atoms with Crippen molar-refractivity contribution in [1.29, 1.82) is 5.26 Å². The second-order valence-electron chi connectivity index (χ2n) is 4.78. The number of halogens is 1. The molecular formula is C15H16BrNO. The summed E-state index contributed by atoms with van der Waals surface area (Å²) < 4.78 is 6.71. The zero-order valence-electron chi connectivity index (χ0n) is 10.4. The minimum absolute atomic E-state index is 0.569. The van der Waals surface area contributed by atoms with Gasteiger partial charge in [0.05, 0.1) is 18.2 Å². The second kappa shape index (κ2) is 6.06. The number of hydrogen-bond acceptors (Lipinski definition) is 2. The lowest BCUT2D eigenvalue weighted by Gasteiger charge is -2.25. The summed E-state index contributed by atoms with van der Waals surface area (Å²) in [6.45, 7) is 2.98. The van der Waals surface area contributed by atoms with Gasteiger partial charge in [0.15, 0.2) is 0 Å². The number of benzene rings is 1. The van der Waals surface area contributed by atoms with Gasteiger partial charge in [-0.15, -0.1) is 0 Å². The van der Waals surface area contributed by atoms with Crippen molar-refractivity contribution in [2.75, 3.05) is 6.61 Å². The third-order valence-electron chi connectivity index (χ3n) is 3.38. The predicted octanol–water partition coefficient (Wildman–Crippen LogP) is 4.30. The number of nitriles is 1. The SMILES string of the molecule is CC1CC=CCC1COc1cc(Br)cc(C#N)c1. The molecule has 1 aliphatic carbocycles. The Labute approximate surface area is 116 Å². The summed E-state index contributed by atoms with van der Waals surface area (Å²) in [6, 6.07) is 7.62. The van der Waals surface area contributed by atoms with Crippen molar-refractivity contribution < 1.29 is 4.74 Å². The maximum atomic E-state index is 8.91. The highest BCUT2D eigenvalue weighted by Crippen LogP contribution is 2.27. The van der Waals surface area contributed by atoms with Crippen LogP contribution in [0.1, 0.15) is 25.3 Å². The lowest BCUT2D eigenvalue weighted by molar-refractivity contribution is 0.198. The third-order valence-corrected chi connectivity index (χ3v) is 3.84. The van der Waals surface area contributed by atoms with E-state index in [4.69, 9.17) is 10.00 Å². The monoisotopic (exact) mass is 305 g/mol. The first-order valence-electron chi connectivity index (χ1n) is 6.17. The molecule has 3 heteroatoms. The molecule has 1 aromatic rings. The molecule has 0 aliphatic heterocycles. The maximum Gasteiger partial charge on any atom is 0.121 e. The van der Waals surface area contributed by atoms with Crippen molar-refractivity contribution in [1.82, 2.24) is 0 Å². The molecule has 2 unspecified atom stereocenters. The summed E-state index contributed by atoms with van der Waals surface area (Å²) in [5.74, 6) is 2.00. The Morgan fingerprint density at radius 1 is 1.33 bits per heavy atom. The van der Waals surface area contributed by atoms with Crippen LogP contribution in [0.3, 0.4) is 0 Å². The Morgan fingerprint density at radius 2 is 2.11 bits per heavy atom. The molecule has 0 N–H and O–H groups in total. The van der Waals surface area contributed by atoms with Gasteiger partial charge in [-0.05, 0) is 42.9 Å². The summed E-state index contributed by atoms with van der Waals surface area (Å²) >= 11 is 3.39. The van der Waals surface area contributed by atoms with Crippen LogP contribution < -0.4 is 4.74 Å². The lowest BCUT2D eigenvalue weighted by atomic mass is 9.85. The number of rotatable bonds is 3. The smallest absolute Gasteiger partial charge is 0.121 e. The van der Waals surface area contributed by atoms with E-state index in [-0.39, 0.29) is 0 Å². The Morgan fingerprint density at radius 3 is 2.83 bits per heavy atom. The van der Waals surface area contributed by atoms with Crippen LogP contribution in [0.5, 0.6) is 5.75 Å². The maximum absolute atomic E-state index is 8.91. The van der Waals surface area contributed by atoms with Crippen LogP contribution >= 0.6 is 15.9 Å². The van der Waals surface area contributed by atoms with Crippen LogP contribution in [0.25, 0.3) is 0 Å². The zero-order valence-corrected chi connectivity index (χ0v) is 12.0. The Balaban J connectivity index is 2.00. The van der Waals surface area contributed by atoms with Gasteiger partial charge in [-0.2, -0.15) is 5.26 Å². The fourth-order valence-electron chi connectivity index (χ4n) is 2.15. The number of hydrogen-bond donors (Lipinski definition) is 0. The van der Waals surface area contributed by atoms with Crippen LogP contribution in [0, 0.1) is 23.2 Å². The molecule has 94 valence electrons. The highest BCUT2D eigenvalue weighted by molar-refractivity contribution is 9.10. The fraction of sp³-hybridized carbons (Fsp3) is 0.400. The molecule has 0 aromatic heterocycles. The second-order valence-corrected chi connectivity index (χ2v) is 5.69. The van der Waals surface area contributed by atoms with Crippen LogP contribution in [-0.4, -0.2) is 6.61 Å². The number of ether oxygens (including phenoxy) is 1. The molecule has 2 nitrogen and oxygen atoms in total. The van der Waals surface area contributed by atoms with E-state index >= 15 is 0 Å². The average Bonchev–Trinajstić information content (AvgIpc) is 2.37. The first-order chi connectivity index (χ1) is 8.69. The van der Waals surface area contributed by atoms with E-state index in [1.165, 1.54) is 0 Å². The largest absolute Gasteiger partial charge is 0.493 e. The highest BCUT2D eigenvalue weighted by Gasteiger charge is 2.18. The van der Waals surface area contributed by atoms with Crippen LogP contribution in [0.2, 0.25) is 0 Å². The first kappa shape index (κ1) is 13.2. The van der Waals surface area contributed by atoms with E-state index in [2.05, 4.69) is 41.1 Å². The zero-order chi connectivity index (χ0) is 13.0. The normalized spacial score (nSPS) is 22.5. The minimum atomic E-state index is 0.569. The summed E-state index contributed by atoms with van der Waals surface area (Å²) in [4.78, 5) is 0. The highest BCUT2D eigenvalue weighted by atomic mass is 79.9. The van der Waals surface area contributed by atoms with Crippen molar-refractivity contribution in [3.05, 3.63) is 40.4 Å². The molecule has 2 atom stereocenters. The summed E-state index contributed by atoms with van der Waals surface area (Å²) in [6.07, 6.45) is 6.69. The molecule has 0 radical (unpaired) electrons. The molecule has 0 saturated heterocycles. The summed E-state index contributed by atoms with van der Waals surface area (Å²) in [7, 11) is 0. The van der Waals surface area contributed by atoms with Gasteiger partial charge in [0.1, 0.15) is 5.75 Å². The molecule has 0 heterocycles. The predicted molar refractivity (Wildman–Crippen MR) is 75.4 cm³/mol. The molecule has 0 saturated carbocycles. The van der Waals surface area contributed by atoms with Crippen molar-refractivity contribution in [3.8, 4) is 11.8 Å². The Hall–Kier alpha value is -1.27. The van der Waals surface area contributed by atoms with E-state index in [0.717, 1.165) is 23.1 Å². The number of nitrogens with zero attached hydrogens (tertiary/aromatic N) is 1. The van der Waals surface area contributed by atoms with Gasteiger partial charge in [0, 0.05) is 4.47 Å². The van der Waals surface area contributed by atoms with Crippen molar-refractivity contribution >= 4 is 15.9 Å². The van der Waals surface area contributed by atoms with Gasteiger partial charge in [0.2, 0.25) is 0 Å². The third kappa shape index (κ3) is 3.36. The van der Waals surface area contributed by atoms with E-state index in [1.54, 1.807) is 12.1 Å². The molecule has 1 aromatic carbocycles. The van der Waals surface area contributed by atoms with Crippen molar-refractivity contribution in [3.63, 3.8) is 0 Å². The van der Waals surface area contributed by atoms with Crippen LogP contribution in [0.15, 0.2) is 34.8 Å². The Bertz CT molecular complexity index is 490. The molecule has 0 spiro atoms. The van der Waals surface area contributed by atoms with Gasteiger partial charge in [-0.3, -0.25) is 0 Å². The van der Waals surface area contributed by atoms with Crippen molar-refractivity contribution in [2.45, 2.75) is 19.8 Å². The standard InChI is InChI=1S/C15H16BrNO/c1-11-4-2-3-5-13(11)10-18-15-7-12(9-17)6-14(16)8-15/h2-3,6-8,11,13H,4-5,10H2,1H3. The van der Waals surface area contributed by atoms with E-state index in [1.807, 2.05) is 6.07 Å². The number of allylic oxidation sites excluding steroid dienone is 2. The Kier molecular flexibility index (Phi) is 4.43. The van der Waals surface area contributed by atoms with Gasteiger partial charge >= 0.3 is 0 Å². The minimum Gasteiger partial charge on any atom is -0.493 e. The quantitative estimate of drug-likeness (QED) is 0.780. The van der Waals surface area contributed by atoms with E-state index in [9.17, 15) is 0 Å². The lowest BCUT2D eigenvalue weighted by Crippen LogP contribution is -2.21. The topological polar surface area (TPSA) is 33.0 Å². The summed E-state index contributed by atoms with van der Waals surface area (Å²) in [5.41, 5.74) is 0.621. The average molecular weight is 306 g/mol. The van der Waals surface area contributed by atoms with Crippen LogP contribution in [0.4, 0.5) is 0 Å². The van der Waals surface area contributed by atoms with Crippen LogP contribution in [-0.2, 0) is 0 Å². The fourth-order valence-corrected chi connectivity index (χ4v) is 2.63. The molecule has 0 fully saturated rings. The van der Waals surface area contributed by atoms with E-state index < -0.39 is 0 Å². The van der Waals surface area contributed by atoms with Gasteiger partial charge in [-0.1, -0.05) is 35.0 Å². The molecular weight excluding hydrogens is 290 g/mol. The van der Waals surface area contributed by atoms with Gasteiger partial charge < -0.3 is 4.74 Å². The molecule has 18 heavy (non-hydrogen) atoms.